The maximum atomic E-state index is 12.6. The van der Waals surface area contributed by atoms with Crippen LogP contribution in [0.3, 0.4) is 0 Å². The average Bonchev–Trinajstić information content (AvgIpc) is 2.82. The molecular formula is C31H47NO4. The van der Waals surface area contributed by atoms with Gasteiger partial charge in [0.05, 0.1) is 11.8 Å². The second kappa shape index (κ2) is 17.0. The topological polar surface area (TPSA) is 66.8 Å². The predicted molar refractivity (Wildman–Crippen MR) is 150 cm³/mol. The molecule has 0 fully saturated rings. The van der Waals surface area contributed by atoms with Crippen LogP contribution in [-0.4, -0.2) is 35.9 Å². The zero-order valence-corrected chi connectivity index (χ0v) is 23.4. The van der Waals surface area contributed by atoms with Gasteiger partial charge >= 0.3 is 0 Å². The molecule has 0 aliphatic heterocycles. The summed E-state index contributed by atoms with van der Waals surface area (Å²) in [6.07, 6.45) is 11.2. The lowest BCUT2D eigenvalue weighted by Crippen LogP contribution is -2.24. The summed E-state index contributed by atoms with van der Waals surface area (Å²) in [6, 6.07) is 10.00. The molecule has 0 bridgehead atoms. The molecule has 0 saturated carbocycles. The molecule has 3 unspecified atom stereocenters. The Bertz CT molecular complexity index is 887. The van der Waals surface area contributed by atoms with E-state index in [0.29, 0.717) is 11.5 Å². The van der Waals surface area contributed by atoms with Crippen molar-refractivity contribution in [3.05, 3.63) is 65.8 Å². The van der Waals surface area contributed by atoms with Crippen molar-refractivity contribution in [2.75, 3.05) is 12.1 Å². The molecule has 5 nitrogen and oxygen atoms in total. The number of benzene rings is 1. The van der Waals surface area contributed by atoms with Crippen molar-refractivity contribution in [2.45, 2.75) is 92.3 Å². The first-order chi connectivity index (χ1) is 17.0. The Balaban J connectivity index is 2.68. The van der Waals surface area contributed by atoms with E-state index in [1.165, 1.54) is 12.5 Å². The fourth-order valence-corrected chi connectivity index (χ4v) is 4.03. The van der Waals surface area contributed by atoms with Gasteiger partial charge in [-0.05, 0) is 63.7 Å². The first-order valence-corrected chi connectivity index (χ1v) is 13.2. The molecule has 0 amide bonds. The Morgan fingerprint density at radius 2 is 1.78 bits per heavy atom. The van der Waals surface area contributed by atoms with E-state index in [4.69, 9.17) is 4.84 Å². The van der Waals surface area contributed by atoms with Crippen molar-refractivity contribution >= 4 is 17.3 Å². The number of nitrogens with zero attached hydrogens (tertiary/aromatic N) is 1. The van der Waals surface area contributed by atoms with Gasteiger partial charge in [-0.3, -0.25) is 19.5 Å². The standard InChI is InChI=1S/C31H47NO4/c1-8-13-23(2)21-29(36-32(7)28-15-10-9-11-16-28)17-12-14-24(3)20-26(5)31(35)22-30(34)25(4)18-19-27(6)33/h9-12,15-18,21,24,26,29-30,34H,8,13-14,19-20,22H2,1-7H3/b17-12-,23-21+,25-18+/t24-,26?,29?,30?/m1/s1. The van der Waals surface area contributed by atoms with Crippen molar-refractivity contribution in [1.29, 1.82) is 0 Å². The van der Waals surface area contributed by atoms with E-state index in [2.05, 4.69) is 39.0 Å². The molecule has 1 N–H and O–H groups in total. The third-order valence-corrected chi connectivity index (χ3v) is 6.29. The van der Waals surface area contributed by atoms with Gasteiger partial charge < -0.3 is 5.11 Å². The molecule has 1 aromatic rings. The first kappa shape index (κ1) is 31.5. The van der Waals surface area contributed by atoms with Gasteiger partial charge in [0.1, 0.15) is 17.7 Å². The highest BCUT2D eigenvalue weighted by Crippen LogP contribution is 2.21. The van der Waals surface area contributed by atoms with Crippen LogP contribution in [0.4, 0.5) is 5.69 Å². The van der Waals surface area contributed by atoms with Gasteiger partial charge in [0.25, 0.3) is 0 Å². The highest BCUT2D eigenvalue weighted by Gasteiger charge is 2.20. The van der Waals surface area contributed by atoms with E-state index in [9.17, 15) is 14.7 Å². The summed E-state index contributed by atoms with van der Waals surface area (Å²) in [5, 5.41) is 12.1. The lowest BCUT2D eigenvalue weighted by Gasteiger charge is -2.23. The molecule has 5 heteroatoms. The number of rotatable bonds is 17. The van der Waals surface area contributed by atoms with E-state index in [1.54, 1.807) is 18.1 Å². The van der Waals surface area contributed by atoms with Crippen LogP contribution in [-0.2, 0) is 14.4 Å². The smallest absolute Gasteiger partial charge is 0.138 e. The number of aliphatic hydroxyl groups excluding tert-OH is 1. The lowest BCUT2D eigenvalue weighted by molar-refractivity contribution is -0.124. The lowest BCUT2D eigenvalue weighted by atomic mass is 9.88. The fraction of sp³-hybridized carbons (Fsp3) is 0.548. The molecule has 1 rings (SSSR count). The van der Waals surface area contributed by atoms with E-state index < -0.39 is 6.10 Å². The van der Waals surface area contributed by atoms with Crippen molar-refractivity contribution in [3.63, 3.8) is 0 Å². The summed E-state index contributed by atoms with van der Waals surface area (Å²) in [5.74, 6) is 0.280. The van der Waals surface area contributed by atoms with Gasteiger partial charge in [-0.2, -0.15) is 0 Å². The Hall–Kier alpha value is -2.50. The first-order valence-electron chi connectivity index (χ1n) is 13.2. The van der Waals surface area contributed by atoms with Crippen LogP contribution < -0.4 is 5.06 Å². The molecule has 0 heterocycles. The number of aliphatic hydroxyl groups is 1. The summed E-state index contributed by atoms with van der Waals surface area (Å²) in [6.45, 7) is 11.7. The van der Waals surface area contributed by atoms with Gasteiger partial charge in [-0.25, -0.2) is 0 Å². The van der Waals surface area contributed by atoms with Crippen LogP contribution in [0.1, 0.15) is 80.1 Å². The Kier molecular flexibility index (Phi) is 14.9. The Morgan fingerprint density at radius 3 is 2.39 bits per heavy atom. The number of ketones is 2. The number of hydroxylamine groups is 1. The number of carbonyl (C=O) groups is 2. The number of carbonyl (C=O) groups excluding carboxylic acids is 2. The SMILES string of the molecule is CCC/C(C)=C/C(/C=C\C[C@@H](C)CC(C)C(=O)CC(O)/C(C)=C/CC(C)=O)ON(C)c1ccccc1. The van der Waals surface area contributed by atoms with Crippen molar-refractivity contribution < 1.29 is 19.5 Å². The molecule has 0 spiro atoms. The monoisotopic (exact) mass is 497 g/mol. The van der Waals surface area contributed by atoms with Gasteiger partial charge in [-0.1, -0.05) is 75.3 Å². The average molecular weight is 498 g/mol. The summed E-state index contributed by atoms with van der Waals surface area (Å²) in [7, 11) is 1.92. The molecular weight excluding hydrogens is 450 g/mol. The van der Waals surface area contributed by atoms with Gasteiger partial charge in [0, 0.05) is 25.8 Å². The van der Waals surface area contributed by atoms with Crippen LogP contribution in [0, 0.1) is 11.8 Å². The van der Waals surface area contributed by atoms with E-state index >= 15 is 0 Å². The molecule has 0 aliphatic rings. The largest absolute Gasteiger partial charge is 0.388 e. The molecule has 4 atom stereocenters. The maximum absolute atomic E-state index is 12.6. The normalized spacial score (nSPS) is 16.0. The minimum atomic E-state index is -0.827. The van der Waals surface area contributed by atoms with E-state index in [0.717, 1.165) is 31.4 Å². The van der Waals surface area contributed by atoms with Crippen molar-refractivity contribution in [3.8, 4) is 0 Å². The molecule has 0 aliphatic carbocycles. The van der Waals surface area contributed by atoms with Crippen LogP contribution in [0.2, 0.25) is 0 Å². The molecule has 1 aromatic carbocycles. The summed E-state index contributed by atoms with van der Waals surface area (Å²) >= 11 is 0. The number of hydrogen-bond acceptors (Lipinski definition) is 5. The van der Waals surface area contributed by atoms with Gasteiger partial charge in [0.15, 0.2) is 0 Å². The van der Waals surface area contributed by atoms with Crippen LogP contribution >= 0.6 is 0 Å². The summed E-state index contributed by atoms with van der Waals surface area (Å²) in [5.41, 5.74) is 2.97. The maximum Gasteiger partial charge on any atom is 0.138 e. The summed E-state index contributed by atoms with van der Waals surface area (Å²) < 4.78 is 0. The number of allylic oxidation sites excluding steroid dienone is 3. The Morgan fingerprint density at radius 1 is 1.11 bits per heavy atom. The van der Waals surface area contributed by atoms with Crippen LogP contribution in [0.15, 0.2) is 65.8 Å². The van der Waals surface area contributed by atoms with Crippen molar-refractivity contribution in [1.82, 2.24) is 0 Å². The van der Waals surface area contributed by atoms with Crippen molar-refractivity contribution in [2.24, 2.45) is 11.8 Å². The second-order valence-corrected chi connectivity index (χ2v) is 10.1. The Labute approximate surface area is 218 Å². The number of para-hydroxylation sites is 1. The molecule has 0 saturated heterocycles. The quantitative estimate of drug-likeness (QED) is 0.185. The fourth-order valence-electron chi connectivity index (χ4n) is 4.03. The molecule has 200 valence electrons. The zero-order valence-electron chi connectivity index (χ0n) is 23.4. The highest BCUT2D eigenvalue weighted by molar-refractivity contribution is 5.81. The second-order valence-electron chi connectivity index (χ2n) is 10.1. The predicted octanol–water partition coefficient (Wildman–Crippen LogP) is 7.02. The van der Waals surface area contributed by atoms with Gasteiger partial charge in [-0.15, -0.1) is 0 Å². The van der Waals surface area contributed by atoms with E-state index in [1.807, 2.05) is 44.3 Å². The third kappa shape index (κ3) is 13.0. The molecule has 36 heavy (non-hydrogen) atoms. The number of Topliss-reactive ketones (excluding diaryl/α,β-unsaturated/α-hetero) is 2. The number of anilines is 1. The van der Waals surface area contributed by atoms with Gasteiger partial charge in [0.2, 0.25) is 0 Å². The minimum absolute atomic E-state index is 0.0403. The third-order valence-electron chi connectivity index (χ3n) is 6.29. The zero-order chi connectivity index (χ0) is 27.1. The minimum Gasteiger partial charge on any atom is -0.388 e. The molecule has 0 radical (unpaired) electrons. The highest BCUT2D eigenvalue weighted by atomic mass is 16.7. The van der Waals surface area contributed by atoms with E-state index in [-0.39, 0.29) is 36.4 Å². The number of hydrogen-bond donors (Lipinski definition) is 1. The summed E-state index contributed by atoms with van der Waals surface area (Å²) in [4.78, 5) is 30.0. The molecule has 0 aromatic heterocycles. The van der Waals surface area contributed by atoms with Crippen LogP contribution in [0.25, 0.3) is 0 Å². The van der Waals surface area contributed by atoms with Crippen LogP contribution in [0.5, 0.6) is 0 Å².